The van der Waals surface area contributed by atoms with Gasteiger partial charge in [-0.2, -0.15) is 0 Å². The summed E-state index contributed by atoms with van der Waals surface area (Å²) < 4.78 is 82.0. The first kappa shape index (κ1) is 22.1. The van der Waals surface area contributed by atoms with Crippen LogP contribution in [0.4, 0.5) is 37.3 Å². The molecule has 2 heterocycles. The molecule has 32 heavy (non-hydrogen) atoms. The van der Waals surface area contributed by atoms with Gasteiger partial charge in [0, 0.05) is 18.6 Å². The van der Waals surface area contributed by atoms with E-state index >= 15 is 0 Å². The fourth-order valence-corrected chi connectivity index (χ4v) is 3.88. The van der Waals surface area contributed by atoms with Crippen LogP contribution in [0.25, 0.3) is 10.2 Å². The van der Waals surface area contributed by atoms with E-state index in [4.69, 9.17) is 11.6 Å². The second kappa shape index (κ2) is 8.43. The van der Waals surface area contributed by atoms with Gasteiger partial charge in [0.1, 0.15) is 11.6 Å². The van der Waals surface area contributed by atoms with Crippen LogP contribution in [-0.4, -0.2) is 21.3 Å². The maximum absolute atomic E-state index is 14.0. The van der Waals surface area contributed by atoms with Crippen LogP contribution < -0.4 is 10.1 Å². The van der Waals surface area contributed by atoms with Crippen molar-refractivity contribution < 1.29 is 31.1 Å². The minimum absolute atomic E-state index is 0.137. The molecule has 4 rings (SSSR count). The van der Waals surface area contributed by atoms with Gasteiger partial charge in [-0.1, -0.05) is 17.4 Å². The number of fused-ring (bicyclic) bond motifs is 1. The minimum atomic E-state index is -4.82. The number of hydrogen-bond acceptors (Lipinski definition) is 6. The summed E-state index contributed by atoms with van der Waals surface area (Å²) in [5.74, 6) is -4.47. The molecule has 0 amide bonds. The van der Waals surface area contributed by atoms with Crippen molar-refractivity contribution in [3.8, 4) is 5.75 Å². The van der Waals surface area contributed by atoms with Crippen LogP contribution >= 0.6 is 22.9 Å². The number of thiazole rings is 1. The highest BCUT2D eigenvalue weighted by molar-refractivity contribution is 7.22. The van der Waals surface area contributed by atoms with E-state index in [0.29, 0.717) is 10.2 Å². The van der Waals surface area contributed by atoms with Gasteiger partial charge >= 0.3 is 6.36 Å². The van der Waals surface area contributed by atoms with Crippen molar-refractivity contribution in [3.05, 3.63) is 70.4 Å². The molecule has 0 fully saturated rings. The molecule has 0 radical (unpaired) electrons. The van der Waals surface area contributed by atoms with Gasteiger partial charge in [0.2, 0.25) is 5.28 Å². The summed E-state index contributed by atoms with van der Waals surface area (Å²) >= 11 is 6.94. The number of aromatic nitrogens is 3. The van der Waals surface area contributed by atoms with E-state index in [1.165, 1.54) is 18.2 Å². The van der Waals surface area contributed by atoms with Gasteiger partial charge in [-0.15, -0.1) is 13.2 Å². The van der Waals surface area contributed by atoms with E-state index in [9.17, 15) is 26.3 Å². The van der Waals surface area contributed by atoms with Gasteiger partial charge in [-0.05, 0) is 35.4 Å². The number of halogens is 7. The van der Waals surface area contributed by atoms with E-state index in [1.807, 2.05) is 0 Å². The van der Waals surface area contributed by atoms with Crippen molar-refractivity contribution in [2.45, 2.75) is 12.8 Å². The lowest BCUT2D eigenvalue weighted by atomic mass is 10.1. The van der Waals surface area contributed by atoms with Gasteiger partial charge < -0.3 is 10.1 Å². The van der Waals surface area contributed by atoms with Crippen molar-refractivity contribution in [2.24, 2.45) is 0 Å². The summed E-state index contributed by atoms with van der Waals surface area (Å²) in [7, 11) is 0. The Hall–Kier alpha value is -3.12. The molecule has 2 aromatic heterocycles. The SMILES string of the molecule is Fc1ccc(Cc2cc(Nc3nc4ccc(OC(F)(F)F)cc4s3)nc(Cl)n2)c(F)c1F. The number of benzene rings is 2. The molecule has 0 bridgehead atoms. The van der Waals surface area contributed by atoms with Gasteiger partial charge in [0.05, 0.1) is 15.9 Å². The second-order valence-corrected chi connectivity index (χ2v) is 7.71. The molecule has 0 saturated carbocycles. The zero-order chi connectivity index (χ0) is 23.0. The van der Waals surface area contributed by atoms with Crippen molar-refractivity contribution in [1.82, 2.24) is 15.0 Å². The average Bonchev–Trinajstić information content (AvgIpc) is 3.08. The maximum Gasteiger partial charge on any atom is 0.573 e. The zero-order valence-corrected chi connectivity index (χ0v) is 17.0. The van der Waals surface area contributed by atoms with Crippen molar-refractivity contribution in [2.75, 3.05) is 5.32 Å². The van der Waals surface area contributed by atoms with Crippen LogP contribution in [-0.2, 0) is 6.42 Å². The number of rotatable bonds is 5. The van der Waals surface area contributed by atoms with Crippen LogP contribution in [0, 0.1) is 17.5 Å². The van der Waals surface area contributed by atoms with Crippen LogP contribution in [0.3, 0.4) is 0 Å². The Labute approximate surface area is 184 Å². The molecule has 1 N–H and O–H groups in total. The van der Waals surface area contributed by atoms with Crippen LogP contribution in [0.5, 0.6) is 5.75 Å². The monoisotopic (exact) mass is 490 g/mol. The molecule has 0 aliphatic rings. The third-order valence-corrected chi connectivity index (χ3v) is 5.17. The molecule has 0 unspecified atom stereocenters. The predicted molar refractivity (Wildman–Crippen MR) is 106 cm³/mol. The Kier molecular flexibility index (Phi) is 5.82. The predicted octanol–water partition coefficient (Wildman–Crippen LogP) is 6.39. The Balaban J connectivity index is 1.58. The quantitative estimate of drug-likeness (QED) is 0.199. The zero-order valence-electron chi connectivity index (χ0n) is 15.5. The molecule has 5 nitrogen and oxygen atoms in total. The molecule has 0 saturated heterocycles. The van der Waals surface area contributed by atoms with E-state index in [2.05, 4.69) is 25.0 Å². The van der Waals surface area contributed by atoms with Crippen molar-refractivity contribution in [1.29, 1.82) is 0 Å². The smallest absolute Gasteiger partial charge is 0.406 e. The third kappa shape index (κ3) is 5.02. The van der Waals surface area contributed by atoms with Gasteiger partial charge in [-0.25, -0.2) is 28.1 Å². The first-order chi connectivity index (χ1) is 15.1. The number of nitrogens with zero attached hydrogens (tertiary/aromatic N) is 3. The van der Waals surface area contributed by atoms with E-state index in [0.717, 1.165) is 29.5 Å². The van der Waals surface area contributed by atoms with Gasteiger partial charge in [0.15, 0.2) is 22.6 Å². The van der Waals surface area contributed by atoms with E-state index in [-0.39, 0.29) is 39.7 Å². The Morgan fingerprint density at radius 1 is 0.969 bits per heavy atom. The standard InChI is InChI=1S/C19H9ClF6N4OS/c20-17-27-9(5-8-1-3-11(21)16(23)15(8)22)6-14(29-17)30-18-28-12-4-2-10(7-13(12)32-18)31-19(24,25)26/h1-4,6-7H,5H2,(H,27,28,29,30). The molecule has 4 aromatic rings. The normalized spacial score (nSPS) is 11.7. The molecule has 0 atom stereocenters. The molecule has 2 aromatic carbocycles. The van der Waals surface area contributed by atoms with Crippen LogP contribution in [0.15, 0.2) is 36.4 Å². The summed E-state index contributed by atoms with van der Waals surface area (Å²) in [6, 6.07) is 6.98. The molecule has 13 heteroatoms. The Morgan fingerprint density at radius 3 is 2.50 bits per heavy atom. The summed E-state index contributed by atoms with van der Waals surface area (Å²) in [6.07, 6.45) is -5.02. The lowest BCUT2D eigenvalue weighted by Crippen LogP contribution is -2.16. The highest BCUT2D eigenvalue weighted by Gasteiger charge is 2.31. The average molecular weight is 491 g/mol. The molecule has 0 spiro atoms. The highest BCUT2D eigenvalue weighted by atomic mass is 35.5. The van der Waals surface area contributed by atoms with Crippen LogP contribution in [0.2, 0.25) is 5.28 Å². The second-order valence-electron chi connectivity index (χ2n) is 6.35. The summed E-state index contributed by atoms with van der Waals surface area (Å²) in [5, 5.41) is 2.93. The van der Waals surface area contributed by atoms with Crippen molar-refractivity contribution in [3.63, 3.8) is 0 Å². The summed E-state index contributed by atoms with van der Waals surface area (Å²) in [4.78, 5) is 12.2. The molecule has 0 aliphatic heterocycles. The van der Waals surface area contributed by atoms with Crippen molar-refractivity contribution >= 4 is 44.1 Å². The summed E-state index contributed by atoms with van der Waals surface area (Å²) in [6.45, 7) is 0. The van der Waals surface area contributed by atoms with E-state index in [1.54, 1.807) is 0 Å². The number of hydrogen-bond donors (Lipinski definition) is 1. The number of nitrogens with one attached hydrogen (secondary N) is 1. The first-order valence-corrected chi connectivity index (χ1v) is 9.86. The lowest BCUT2D eigenvalue weighted by Gasteiger charge is -2.07. The molecule has 0 aliphatic carbocycles. The largest absolute Gasteiger partial charge is 0.573 e. The number of ether oxygens (including phenoxy) is 1. The van der Waals surface area contributed by atoms with Crippen LogP contribution in [0.1, 0.15) is 11.3 Å². The molecule has 166 valence electrons. The third-order valence-electron chi connectivity index (χ3n) is 4.07. The fourth-order valence-electron chi connectivity index (χ4n) is 2.78. The van der Waals surface area contributed by atoms with E-state index < -0.39 is 23.8 Å². The Morgan fingerprint density at radius 2 is 1.75 bits per heavy atom. The molecular formula is C19H9ClF6N4OS. The number of alkyl halides is 3. The fraction of sp³-hybridized carbons (Fsp3) is 0.105. The maximum atomic E-state index is 14.0. The minimum Gasteiger partial charge on any atom is -0.406 e. The Bertz CT molecular complexity index is 1310. The van der Waals surface area contributed by atoms with Gasteiger partial charge in [0.25, 0.3) is 0 Å². The summed E-state index contributed by atoms with van der Waals surface area (Å²) in [5.41, 5.74) is 0.484. The topological polar surface area (TPSA) is 59.9 Å². The van der Waals surface area contributed by atoms with Gasteiger partial charge in [-0.3, -0.25) is 0 Å². The molecular weight excluding hydrogens is 482 g/mol. The first-order valence-electron chi connectivity index (χ1n) is 8.66. The number of anilines is 2. The highest BCUT2D eigenvalue weighted by Crippen LogP contribution is 2.33. The lowest BCUT2D eigenvalue weighted by molar-refractivity contribution is -0.274.